The van der Waals surface area contributed by atoms with Crippen LogP contribution < -0.4 is 4.72 Å². The molecule has 0 rings (SSSR count). The molecule has 0 saturated heterocycles. The number of hydrogen-bond acceptors (Lipinski definition) is 5. The van der Waals surface area contributed by atoms with Crippen LogP contribution in [-0.4, -0.2) is 51.7 Å². The number of carboxylic acid groups (broad SMARTS) is 1. The zero-order valence-corrected chi connectivity index (χ0v) is 12.9. The minimum atomic E-state index is -3.71. The lowest BCUT2D eigenvalue weighted by Gasteiger charge is -2.14. The third-order valence-electron chi connectivity index (χ3n) is 2.36. The van der Waals surface area contributed by atoms with Gasteiger partial charge in [-0.3, -0.25) is 4.79 Å². The van der Waals surface area contributed by atoms with Gasteiger partial charge in [-0.25, -0.2) is 21.6 Å². The Morgan fingerprint density at radius 3 is 2.00 bits per heavy atom. The predicted octanol–water partition coefficient (Wildman–Crippen LogP) is -0.160. The van der Waals surface area contributed by atoms with Gasteiger partial charge in [0.2, 0.25) is 10.0 Å². The molecule has 0 unspecified atom stereocenters. The predicted molar refractivity (Wildman–Crippen MR) is 72.1 cm³/mol. The van der Waals surface area contributed by atoms with Crippen LogP contribution in [0.4, 0.5) is 0 Å². The maximum absolute atomic E-state index is 11.7. The van der Waals surface area contributed by atoms with Crippen molar-refractivity contribution in [2.24, 2.45) is 5.92 Å². The largest absolute Gasteiger partial charge is 0.480 e. The summed E-state index contributed by atoms with van der Waals surface area (Å²) in [6.45, 7) is 3.71. The van der Waals surface area contributed by atoms with Crippen LogP contribution in [0.2, 0.25) is 0 Å². The molecule has 0 radical (unpaired) electrons. The number of hydrogen-bond donors (Lipinski definition) is 2. The fraction of sp³-hybridized carbons (Fsp3) is 0.900. The van der Waals surface area contributed by atoms with E-state index in [0.29, 0.717) is 6.42 Å². The molecule has 0 bridgehead atoms. The molecule has 0 aliphatic carbocycles. The first-order valence-corrected chi connectivity index (χ1v) is 9.55. The molecule has 0 heterocycles. The molecule has 7 nitrogen and oxygen atoms in total. The average Bonchev–Trinajstić information content (AvgIpc) is 2.20. The summed E-state index contributed by atoms with van der Waals surface area (Å²) in [5, 5.41) is 8.89. The van der Waals surface area contributed by atoms with Gasteiger partial charge in [0.1, 0.15) is 15.9 Å². The molecule has 0 aromatic carbocycles. The van der Waals surface area contributed by atoms with Crippen LogP contribution in [0.3, 0.4) is 0 Å². The van der Waals surface area contributed by atoms with E-state index in [-0.39, 0.29) is 23.8 Å². The van der Waals surface area contributed by atoms with E-state index >= 15 is 0 Å². The van der Waals surface area contributed by atoms with Gasteiger partial charge in [0.15, 0.2) is 0 Å². The van der Waals surface area contributed by atoms with E-state index in [1.807, 2.05) is 18.6 Å². The zero-order valence-electron chi connectivity index (χ0n) is 11.3. The Hall–Kier alpha value is -0.670. The van der Waals surface area contributed by atoms with Crippen molar-refractivity contribution in [3.05, 3.63) is 0 Å². The SMILES string of the molecule is CC(C)CCS(=O)(=O)N[C@@H](CCS(C)(=O)=O)C(=O)O. The van der Waals surface area contributed by atoms with Gasteiger partial charge in [-0.05, 0) is 18.8 Å². The monoisotopic (exact) mass is 315 g/mol. The number of carbonyl (C=O) groups is 1. The first-order chi connectivity index (χ1) is 8.43. The molecule has 0 amide bonds. The van der Waals surface area contributed by atoms with E-state index in [1.54, 1.807) is 0 Å². The van der Waals surface area contributed by atoms with E-state index in [0.717, 1.165) is 6.26 Å². The molecule has 1 atom stereocenters. The summed E-state index contributed by atoms with van der Waals surface area (Å²) in [6, 6.07) is -1.41. The number of aliphatic carboxylic acids is 1. The maximum Gasteiger partial charge on any atom is 0.321 e. The summed E-state index contributed by atoms with van der Waals surface area (Å²) in [6.07, 6.45) is 1.10. The third-order valence-corrected chi connectivity index (χ3v) is 4.76. The van der Waals surface area contributed by atoms with Gasteiger partial charge in [0.05, 0.1) is 11.5 Å². The van der Waals surface area contributed by atoms with Crippen molar-refractivity contribution < 1.29 is 26.7 Å². The first kappa shape index (κ1) is 18.3. The summed E-state index contributed by atoms with van der Waals surface area (Å²) in [7, 11) is -7.05. The molecule has 2 N–H and O–H groups in total. The van der Waals surface area contributed by atoms with E-state index < -0.39 is 31.9 Å². The van der Waals surface area contributed by atoms with Crippen LogP contribution in [-0.2, 0) is 24.7 Å². The smallest absolute Gasteiger partial charge is 0.321 e. The molecule has 19 heavy (non-hydrogen) atoms. The maximum atomic E-state index is 11.7. The Morgan fingerprint density at radius 1 is 1.11 bits per heavy atom. The Morgan fingerprint density at radius 2 is 1.63 bits per heavy atom. The topological polar surface area (TPSA) is 118 Å². The third kappa shape index (κ3) is 9.85. The zero-order chi connectivity index (χ0) is 15.3. The van der Waals surface area contributed by atoms with Gasteiger partial charge in [0.25, 0.3) is 0 Å². The summed E-state index contributed by atoms with van der Waals surface area (Å²) in [5.41, 5.74) is 0. The van der Waals surface area contributed by atoms with Crippen molar-refractivity contribution in [2.45, 2.75) is 32.7 Å². The van der Waals surface area contributed by atoms with Crippen molar-refractivity contribution >= 4 is 25.8 Å². The average molecular weight is 315 g/mol. The lowest BCUT2D eigenvalue weighted by molar-refractivity contribution is -0.139. The first-order valence-electron chi connectivity index (χ1n) is 5.83. The van der Waals surface area contributed by atoms with Crippen molar-refractivity contribution in [3.63, 3.8) is 0 Å². The highest BCUT2D eigenvalue weighted by molar-refractivity contribution is 7.90. The van der Waals surface area contributed by atoms with Gasteiger partial charge in [-0.2, -0.15) is 0 Å². The van der Waals surface area contributed by atoms with Crippen LogP contribution in [0.25, 0.3) is 0 Å². The van der Waals surface area contributed by atoms with Gasteiger partial charge in [-0.15, -0.1) is 0 Å². The minimum Gasteiger partial charge on any atom is -0.480 e. The van der Waals surface area contributed by atoms with E-state index in [2.05, 4.69) is 0 Å². The second-order valence-electron chi connectivity index (χ2n) is 4.93. The van der Waals surface area contributed by atoms with Crippen LogP contribution >= 0.6 is 0 Å². The van der Waals surface area contributed by atoms with Crippen molar-refractivity contribution in [2.75, 3.05) is 17.8 Å². The molecule has 0 aromatic heterocycles. The highest BCUT2D eigenvalue weighted by atomic mass is 32.2. The molecule has 0 aliphatic heterocycles. The molecule has 0 fully saturated rings. The van der Waals surface area contributed by atoms with Crippen LogP contribution in [0.1, 0.15) is 26.7 Å². The van der Waals surface area contributed by atoms with E-state index in [4.69, 9.17) is 5.11 Å². The number of rotatable bonds is 9. The fourth-order valence-corrected chi connectivity index (χ4v) is 3.45. The van der Waals surface area contributed by atoms with E-state index in [9.17, 15) is 21.6 Å². The fourth-order valence-electron chi connectivity index (χ4n) is 1.23. The molecule has 114 valence electrons. The molecule has 0 spiro atoms. The van der Waals surface area contributed by atoms with Crippen LogP contribution in [0.5, 0.6) is 0 Å². The number of sulfone groups is 1. The number of nitrogens with one attached hydrogen (secondary N) is 1. The quantitative estimate of drug-likeness (QED) is 0.610. The summed E-state index contributed by atoms with van der Waals surface area (Å²) >= 11 is 0. The van der Waals surface area contributed by atoms with Crippen LogP contribution in [0, 0.1) is 5.92 Å². The highest BCUT2D eigenvalue weighted by Crippen LogP contribution is 2.05. The summed E-state index contributed by atoms with van der Waals surface area (Å²) in [5.74, 6) is -1.75. The number of sulfonamides is 1. The van der Waals surface area contributed by atoms with Gasteiger partial charge in [-0.1, -0.05) is 13.8 Å². The van der Waals surface area contributed by atoms with Crippen molar-refractivity contribution in [1.82, 2.24) is 4.72 Å². The Bertz CT molecular complexity index is 494. The second kappa shape index (κ2) is 7.20. The van der Waals surface area contributed by atoms with E-state index in [1.165, 1.54) is 0 Å². The molecular weight excluding hydrogens is 294 g/mol. The minimum absolute atomic E-state index is 0.173. The Balaban J connectivity index is 4.62. The standard InChI is InChI=1S/C10H21NO6S2/c1-8(2)4-7-19(16,17)11-9(10(12)13)5-6-18(3,14)15/h8-9,11H,4-7H2,1-3H3,(H,12,13)/t9-/m0/s1. The molecular formula is C10H21NO6S2. The lowest BCUT2D eigenvalue weighted by atomic mass is 10.2. The summed E-state index contributed by atoms with van der Waals surface area (Å²) in [4.78, 5) is 10.9. The molecule has 0 saturated carbocycles. The van der Waals surface area contributed by atoms with Crippen molar-refractivity contribution in [3.8, 4) is 0 Å². The normalized spacial score (nSPS) is 14.5. The van der Waals surface area contributed by atoms with Gasteiger partial charge >= 0.3 is 5.97 Å². The number of carboxylic acids is 1. The Kier molecular flexibility index (Phi) is 6.95. The summed E-state index contributed by atoms with van der Waals surface area (Å²) < 4.78 is 47.3. The van der Waals surface area contributed by atoms with Gasteiger partial charge in [0, 0.05) is 6.26 Å². The Labute approximate surface area is 114 Å². The van der Waals surface area contributed by atoms with Crippen LogP contribution in [0.15, 0.2) is 0 Å². The van der Waals surface area contributed by atoms with Gasteiger partial charge < -0.3 is 5.11 Å². The second-order valence-corrected chi connectivity index (χ2v) is 9.06. The molecule has 0 aliphatic rings. The molecule has 9 heteroatoms. The molecule has 0 aromatic rings. The highest BCUT2D eigenvalue weighted by Gasteiger charge is 2.25. The lowest BCUT2D eigenvalue weighted by Crippen LogP contribution is -2.43. The van der Waals surface area contributed by atoms with Crippen molar-refractivity contribution in [1.29, 1.82) is 0 Å².